The van der Waals surface area contributed by atoms with Crippen molar-refractivity contribution in [2.24, 2.45) is 4.99 Å². The Kier molecular flexibility index (Phi) is 8.96. The molecule has 0 spiro atoms. The molecule has 1 N–H and O–H groups in total. The molecule has 37 heavy (non-hydrogen) atoms. The third kappa shape index (κ3) is 6.03. The minimum atomic E-state index is -0.606. The Hall–Kier alpha value is -3.64. The van der Waals surface area contributed by atoms with E-state index in [1.165, 1.54) is 0 Å². The highest BCUT2D eigenvalue weighted by Gasteiger charge is 2.39. The van der Waals surface area contributed by atoms with Crippen LogP contribution in [0.3, 0.4) is 0 Å². The number of carbonyl (C=O) groups is 2. The summed E-state index contributed by atoms with van der Waals surface area (Å²) in [5, 5.41) is 3.68. The zero-order valence-corrected chi connectivity index (χ0v) is 22.1. The van der Waals surface area contributed by atoms with Crippen LogP contribution in [0.4, 0.5) is 11.4 Å². The lowest BCUT2D eigenvalue weighted by Gasteiger charge is -2.41. The Bertz CT molecular complexity index is 1240. The van der Waals surface area contributed by atoms with Gasteiger partial charge in [-0.05, 0) is 55.3 Å². The van der Waals surface area contributed by atoms with Crippen LogP contribution < -0.4 is 10.2 Å². The van der Waals surface area contributed by atoms with Crippen LogP contribution in [0, 0.1) is 0 Å². The van der Waals surface area contributed by atoms with Gasteiger partial charge in [0.15, 0.2) is 0 Å². The fourth-order valence-electron chi connectivity index (χ4n) is 4.40. The van der Waals surface area contributed by atoms with Crippen molar-refractivity contribution in [2.45, 2.75) is 45.6 Å². The molecule has 2 amide bonds. The molecule has 0 saturated carbocycles. The molecule has 1 heterocycles. The predicted octanol–water partition coefficient (Wildman–Crippen LogP) is 6.75. The molecular formula is C30H33ClN4O2. The van der Waals surface area contributed by atoms with Gasteiger partial charge in [0.05, 0.1) is 11.4 Å². The number of hydrogen-bond donors (Lipinski definition) is 1. The molecule has 0 aliphatic carbocycles. The zero-order chi connectivity index (χ0) is 26.2. The van der Waals surface area contributed by atoms with E-state index >= 15 is 0 Å². The molecule has 6 nitrogen and oxygen atoms in total. The minimum absolute atomic E-state index is 0.0902. The van der Waals surface area contributed by atoms with Gasteiger partial charge in [0.2, 0.25) is 11.9 Å². The minimum Gasteiger partial charge on any atom is -0.354 e. The molecule has 1 aliphatic heterocycles. The summed E-state index contributed by atoms with van der Waals surface area (Å²) in [5.41, 5.74) is 2.67. The molecule has 1 aliphatic rings. The van der Waals surface area contributed by atoms with Crippen LogP contribution in [0.25, 0.3) is 0 Å². The summed E-state index contributed by atoms with van der Waals surface area (Å²) < 4.78 is 0. The molecule has 0 saturated heterocycles. The molecule has 4 rings (SSSR count). The van der Waals surface area contributed by atoms with Crippen molar-refractivity contribution in [3.63, 3.8) is 0 Å². The van der Waals surface area contributed by atoms with Gasteiger partial charge in [-0.3, -0.25) is 9.59 Å². The van der Waals surface area contributed by atoms with Gasteiger partial charge in [-0.25, -0.2) is 9.89 Å². The maximum absolute atomic E-state index is 14.0. The number of fused-ring (bicyclic) bond motifs is 1. The molecule has 0 aromatic heterocycles. The molecule has 3 aromatic rings. The van der Waals surface area contributed by atoms with Gasteiger partial charge in [-0.1, -0.05) is 74.7 Å². The summed E-state index contributed by atoms with van der Waals surface area (Å²) in [7, 11) is 0. The number of rotatable bonds is 9. The van der Waals surface area contributed by atoms with Gasteiger partial charge >= 0.3 is 0 Å². The summed E-state index contributed by atoms with van der Waals surface area (Å²) in [4.78, 5) is 36.3. The highest BCUT2D eigenvalue weighted by Crippen LogP contribution is 2.37. The lowest BCUT2D eigenvalue weighted by Crippen LogP contribution is -2.54. The second kappa shape index (κ2) is 12.5. The van der Waals surface area contributed by atoms with E-state index in [0.717, 1.165) is 31.2 Å². The normalized spacial score (nSPS) is 14.5. The van der Waals surface area contributed by atoms with Gasteiger partial charge < -0.3 is 10.2 Å². The van der Waals surface area contributed by atoms with E-state index in [2.05, 4.69) is 19.2 Å². The first kappa shape index (κ1) is 26.4. The van der Waals surface area contributed by atoms with Crippen LogP contribution in [-0.4, -0.2) is 35.8 Å². The highest BCUT2D eigenvalue weighted by atomic mass is 35.5. The number of anilines is 1. The van der Waals surface area contributed by atoms with E-state index in [-0.39, 0.29) is 11.8 Å². The fourth-order valence-corrected chi connectivity index (χ4v) is 4.53. The molecule has 0 bridgehead atoms. The highest BCUT2D eigenvalue weighted by molar-refractivity contribution is 6.31. The Balaban J connectivity index is 1.87. The summed E-state index contributed by atoms with van der Waals surface area (Å²) in [5.74, 6) is 0.110. The van der Waals surface area contributed by atoms with E-state index in [1.807, 2.05) is 47.4 Å². The van der Waals surface area contributed by atoms with Crippen LogP contribution in [0.15, 0.2) is 83.9 Å². The van der Waals surface area contributed by atoms with Gasteiger partial charge in [0, 0.05) is 29.2 Å². The quantitative estimate of drug-likeness (QED) is 0.320. The monoisotopic (exact) mass is 516 g/mol. The lowest BCUT2D eigenvalue weighted by molar-refractivity contribution is -0.125. The fraction of sp³-hybridized carbons (Fsp3) is 0.300. The van der Waals surface area contributed by atoms with E-state index in [9.17, 15) is 9.59 Å². The molecule has 3 aromatic carbocycles. The first-order valence-electron chi connectivity index (χ1n) is 12.9. The predicted molar refractivity (Wildman–Crippen MR) is 151 cm³/mol. The van der Waals surface area contributed by atoms with E-state index < -0.39 is 6.04 Å². The number of carbonyl (C=O) groups excluding carboxylic acids is 2. The first-order valence-corrected chi connectivity index (χ1v) is 13.3. The van der Waals surface area contributed by atoms with E-state index in [4.69, 9.17) is 16.6 Å². The second-order valence-electron chi connectivity index (χ2n) is 9.05. The SMILES string of the molecule is CCCCNC(=O)C1c2ccccc2N=C(N(C(=O)c2ccccc2)c2ccc(Cl)cc2)N1CCCC. The molecule has 192 valence electrons. The molecular weight excluding hydrogens is 484 g/mol. The largest absolute Gasteiger partial charge is 0.354 e. The lowest BCUT2D eigenvalue weighted by atomic mass is 9.99. The molecule has 7 heteroatoms. The number of unbranched alkanes of at least 4 members (excludes halogenated alkanes) is 2. The molecule has 1 unspecified atom stereocenters. The summed E-state index contributed by atoms with van der Waals surface area (Å²) in [6.07, 6.45) is 3.67. The third-order valence-corrected chi connectivity index (χ3v) is 6.61. The molecule has 1 atom stereocenters. The van der Waals surface area contributed by atoms with Crippen LogP contribution in [0.5, 0.6) is 0 Å². The molecule has 0 radical (unpaired) electrons. The number of hydrogen-bond acceptors (Lipinski definition) is 4. The van der Waals surface area contributed by atoms with Gasteiger partial charge in [-0.15, -0.1) is 0 Å². The maximum Gasteiger partial charge on any atom is 0.265 e. The van der Waals surface area contributed by atoms with Crippen LogP contribution >= 0.6 is 11.6 Å². The van der Waals surface area contributed by atoms with Crippen molar-refractivity contribution in [2.75, 3.05) is 18.0 Å². The van der Waals surface area contributed by atoms with Crippen LogP contribution in [-0.2, 0) is 4.79 Å². The number of guanidine groups is 1. The van der Waals surface area contributed by atoms with Crippen molar-refractivity contribution in [3.05, 3.63) is 95.0 Å². The summed E-state index contributed by atoms with van der Waals surface area (Å²) >= 11 is 6.19. The molecule has 0 fully saturated rings. The van der Waals surface area contributed by atoms with Crippen molar-refractivity contribution >= 4 is 40.7 Å². The summed E-state index contributed by atoms with van der Waals surface area (Å²) in [6, 6.07) is 23.3. The number of benzene rings is 3. The van der Waals surface area contributed by atoms with Crippen molar-refractivity contribution in [1.29, 1.82) is 0 Å². The van der Waals surface area contributed by atoms with Gasteiger partial charge in [-0.2, -0.15) is 0 Å². The Morgan fingerprint density at radius 1 is 0.919 bits per heavy atom. The van der Waals surface area contributed by atoms with Crippen molar-refractivity contribution in [1.82, 2.24) is 10.2 Å². The first-order chi connectivity index (χ1) is 18.0. The number of aliphatic imine (C=N–C) groups is 1. The number of nitrogens with one attached hydrogen (secondary N) is 1. The van der Waals surface area contributed by atoms with Crippen LogP contribution in [0.2, 0.25) is 5.02 Å². The average molecular weight is 517 g/mol. The Morgan fingerprint density at radius 2 is 1.59 bits per heavy atom. The number of halogens is 1. The third-order valence-electron chi connectivity index (χ3n) is 6.36. The van der Waals surface area contributed by atoms with Crippen molar-refractivity contribution in [3.8, 4) is 0 Å². The Labute approximate surface area is 224 Å². The number of nitrogens with zero attached hydrogens (tertiary/aromatic N) is 3. The number of para-hydroxylation sites is 1. The second-order valence-corrected chi connectivity index (χ2v) is 9.48. The maximum atomic E-state index is 14.0. The number of amides is 2. The standard InChI is InChI=1S/C30H33ClN4O2/c1-3-5-20-32-28(36)27-25-14-10-11-15-26(25)33-30(34(27)21-6-4-2)35(24-18-16-23(31)17-19-24)29(37)22-12-8-7-9-13-22/h7-19,27H,3-6,20-21H2,1-2H3,(H,32,36). The van der Waals surface area contributed by atoms with E-state index in [1.54, 1.807) is 41.3 Å². The summed E-state index contributed by atoms with van der Waals surface area (Å²) in [6.45, 7) is 5.38. The topological polar surface area (TPSA) is 65.0 Å². The van der Waals surface area contributed by atoms with Gasteiger partial charge in [0.1, 0.15) is 6.04 Å². The van der Waals surface area contributed by atoms with E-state index in [0.29, 0.717) is 41.0 Å². The Morgan fingerprint density at radius 3 is 2.30 bits per heavy atom. The van der Waals surface area contributed by atoms with Crippen molar-refractivity contribution < 1.29 is 9.59 Å². The van der Waals surface area contributed by atoms with Gasteiger partial charge in [0.25, 0.3) is 5.91 Å². The zero-order valence-electron chi connectivity index (χ0n) is 21.4. The van der Waals surface area contributed by atoms with Crippen LogP contribution in [0.1, 0.15) is 61.5 Å². The smallest absolute Gasteiger partial charge is 0.265 e. The average Bonchev–Trinajstić information content (AvgIpc) is 2.93.